The number of hydrogen-bond acceptors (Lipinski definition) is 4. The summed E-state index contributed by atoms with van der Waals surface area (Å²) in [5.41, 5.74) is 1.21. The molecule has 0 spiro atoms. The van der Waals surface area contributed by atoms with Gasteiger partial charge in [0.15, 0.2) is 0 Å². The Labute approximate surface area is 114 Å². The first-order chi connectivity index (χ1) is 9.00. The SMILES string of the molecule is Cc1ccc(C(=O)NCCOCCN(C)C)cc1O. The Morgan fingerprint density at radius 3 is 2.74 bits per heavy atom. The lowest BCUT2D eigenvalue weighted by molar-refractivity contribution is 0.0900. The average Bonchev–Trinajstić information content (AvgIpc) is 2.36. The Hall–Kier alpha value is -1.59. The van der Waals surface area contributed by atoms with E-state index in [2.05, 4.69) is 5.32 Å². The number of ether oxygens (including phenoxy) is 1. The molecule has 0 aliphatic carbocycles. The number of likely N-dealkylation sites (N-methyl/N-ethyl adjacent to an activating group) is 1. The molecule has 0 atom stereocenters. The maximum absolute atomic E-state index is 11.8. The van der Waals surface area contributed by atoms with Crippen LogP contribution in [0.2, 0.25) is 0 Å². The first kappa shape index (κ1) is 15.5. The van der Waals surface area contributed by atoms with Crippen LogP contribution in [0.3, 0.4) is 0 Å². The van der Waals surface area contributed by atoms with Gasteiger partial charge in [-0.1, -0.05) is 6.07 Å². The van der Waals surface area contributed by atoms with Crippen LogP contribution in [-0.4, -0.2) is 56.3 Å². The highest BCUT2D eigenvalue weighted by Crippen LogP contribution is 2.17. The molecule has 0 saturated heterocycles. The molecule has 106 valence electrons. The smallest absolute Gasteiger partial charge is 0.251 e. The van der Waals surface area contributed by atoms with Gasteiger partial charge in [0.1, 0.15) is 5.75 Å². The van der Waals surface area contributed by atoms with E-state index in [0.717, 1.165) is 12.1 Å². The third-order valence-electron chi connectivity index (χ3n) is 2.69. The lowest BCUT2D eigenvalue weighted by Crippen LogP contribution is -2.28. The van der Waals surface area contributed by atoms with E-state index < -0.39 is 0 Å². The van der Waals surface area contributed by atoms with Crippen molar-refractivity contribution in [2.24, 2.45) is 0 Å². The van der Waals surface area contributed by atoms with Crippen molar-refractivity contribution in [3.05, 3.63) is 29.3 Å². The zero-order valence-corrected chi connectivity index (χ0v) is 11.8. The molecule has 1 aromatic carbocycles. The van der Waals surface area contributed by atoms with Gasteiger partial charge in [-0.2, -0.15) is 0 Å². The highest BCUT2D eigenvalue weighted by molar-refractivity contribution is 5.94. The third-order valence-corrected chi connectivity index (χ3v) is 2.69. The van der Waals surface area contributed by atoms with E-state index in [1.807, 2.05) is 19.0 Å². The summed E-state index contributed by atoms with van der Waals surface area (Å²) in [5.74, 6) is -0.0682. The van der Waals surface area contributed by atoms with E-state index in [1.54, 1.807) is 19.1 Å². The number of hydrogen-bond donors (Lipinski definition) is 2. The van der Waals surface area contributed by atoms with Crippen LogP contribution in [0.4, 0.5) is 0 Å². The summed E-state index contributed by atoms with van der Waals surface area (Å²) in [6, 6.07) is 4.88. The topological polar surface area (TPSA) is 61.8 Å². The highest BCUT2D eigenvalue weighted by Gasteiger charge is 2.06. The van der Waals surface area contributed by atoms with Gasteiger partial charge in [-0.05, 0) is 38.7 Å². The van der Waals surface area contributed by atoms with Gasteiger partial charge in [-0.15, -0.1) is 0 Å². The second-order valence-electron chi connectivity index (χ2n) is 4.67. The number of benzene rings is 1. The zero-order chi connectivity index (χ0) is 14.3. The van der Waals surface area contributed by atoms with Crippen LogP contribution in [0, 0.1) is 6.92 Å². The monoisotopic (exact) mass is 266 g/mol. The molecular formula is C14H22N2O3. The molecule has 0 fully saturated rings. The van der Waals surface area contributed by atoms with Crippen molar-refractivity contribution in [3.63, 3.8) is 0 Å². The number of nitrogens with one attached hydrogen (secondary N) is 1. The Bertz CT molecular complexity index is 419. The Morgan fingerprint density at radius 2 is 2.11 bits per heavy atom. The predicted molar refractivity (Wildman–Crippen MR) is 74.6 cm³/mol. The van der Waals surface area contributed by atoms with Crippen LogP contribution < -0.4 is 5.32 Å². The van der Waals surface area contributed by atoms with Crippen LogP contribution in [0.5, 0.6) is 5.75 Å². The molecule has 0 radical (unpaired) electrons. The van der Waals surface area contributed by atoms with E-state index in [0.29, 0.717) is 25.3 Å². The van der Waals surface area contributed by atoms with Crippen molar-refractivity contribution >= 4 is 5.91 Å². The second-order valence-corrected chi connectivity index (χ2v) is 4.67. The molecule has 5 nitrogen and oxygen atoms in total. The fourth-order valence-electron chi connectivity index (χ4n) is 1.44. The minimum Gasteiger partial charge on any atom is -0.508 e. The minimum absolute atomic E-state index is 0.134. The molecule has 0 aromatic heterocycles. The van der Waals surface area contributed by atoms with Gasteiger partial charge in [0.25, 0.3) is 5.91 Å². The first-order valence-corrected chi connectivity index (χ1v) is 6.31. The van der Waals surface area contributed by atoms with Gasteiger partial charge in [0.2, 0.25) is 0 Å². The molecule has 0 saturated carbocycles. The van der Waals surface area contributed by atoms with Gasteiger partial charge in [-0.3, -0.25) is 4.79 Å². The number of carbonyl (C=O) groups excluding carboxylic acids is 1. The predicted octanol–water partition coefficient (Wildman–Crippen LogP) is 1.01. The maximum Gasteiger partial charge on any atom is 0.251 e. The quantitative estimate of drug-likeness (QED) is 0.723. The van der Waals surface area contributed by atoms with Crippen molar-refractivity contribution in [1.29, 1.82) is 0 Å². The third kappa shape index (κ3) is 5.72. The summed E-state index contributed by atoms with van der Waals surface area (Å²) in [4.78, 5) is 13.8. The molecule has 19 heavy (non-hydrogen) atoms. The van der Waals surface area contributed by atoms with E-state index >= 15 is 0 Å². The zero-order valence-electron chi connectivity index (χ0n) is 11.8. The van der Waals surface area contributed by atoms with Crippen molar-refractivity contribution in [2.75, 3.05) is 40.4 Å². The van der Waals surface area contributed by atoms with Crippen molar-refractivity contribution < 1.29 is 14.6 Å². The molecule has 1 amide bonds. The lowest BCUT2D eigenvalue weighted by Gasteiger charge is -2.10. The Kier molecular flexibility index (Phi) is 6.32. The summed E-state index contributed by atoms with van der Waals surface area (Å²) in [6.45, 7) is 4.24. The molecule has 1 aromatic rings. The van der Waals surface area contributed by atoms with E-state index in [9.17, 15) is 9.90 Å². The van der Waals surface area contributed by atoms with Crippen LogP contribution >= 0.6 is 0 Å². The van der Waals surface area contributed by atoms with Crippen molar-refractivity contribution in [1.82, 2.24) is 10.2 Å². The summed E-state index contributed by atoms with van der Waals surface area (Å²) < 4.78 is 5.37. The number of nitrogens with zero attached hydrogens (tertiary/aromatic N) is 1. The normalized spacial score (nSPS) is 10.7. The van der Waals surface area contributed by atoms with Gasteiger partial charge < -0.3 is 20.1 Å². The van der Waals surface area contributed by atoms with Crippen LogP contribution in [0.1, 0.15) is 15.9 Å². The van der Waals surface area contributed by atoms with Crippen LogP contribution in [0.25, 0.3) is 0 Å². The second kappa shape index (κ2) is 7.76. The average molecular weight is 266 g/mol. The fourth-order valence-corrected chi connectivity index (χ4v) is 1.44. The number of rotatable bonds is 7. The van der Waals surface area contributed by atoms with Crippen LogP contribution in [-0.2, 0) is 4.74 Å². The summed E-state index contributed by atoms with van der Waals surface area (Å²) in [6.07, 6.45) is 0. The summed E-state index contributed by atoms with van der Waals surface area (Å²) in [7, 11) is 3.96. The summed E-state index contributed by atoms with van der Waals surface area (Å²) in [5, 5.41) is 12.3. The summed E-state index contributed by atoms with van der Waals surface area (Å²) >= 11 is 0. The number of phenols is 1. The lowest BCUT2D eigenvalue weighted by atomic mass is 10.1. The molecular weight excluding hydrogens is 244 g/mol. The molecule has 5 heteroatoms. The number of phenolic OH excluding ortho intramolecular Hbond substituents is 1. The first-order valence-electron chi connectivity index (χ1n) is 6.31. The van der Waals surface area contributed by atoms with E-state index in [-0.39, 0.29) is 11.7 Å². The number of aromatic hydroxyl groups is 1. The van der Waals surface area contributed by atoms with E-state index in [4.69, 9.17) is 4.74 Å². The van der Waals surface area contributed by atoms with Gasteiger partial charge in [0.05, 0.1) is 13.2 Å². The molecule has 0 unspecified atom stereocenters. The van der Waals surface area contributed by atoms with E-state index in [1.165, 1.54) is 6.07 Å². The van der Waals surface area contributed by atoms with Gasteiger partial charge in [0, 0.05) is 18.7 Å². The Morgan fingerprint density at radius 1 is 1.37 bits per heavy atom. The largest absolute Gasteiger partial charge is 0.508 e. The van der Waals surface area contributed by atoms with Gasteiger partial charge in [-0.25, -0.2) is 0 Å². The number of aryl methyl sites for hydroxylation is 1. The maximum atomic E-state index is 11.8. The molecule has 1 rings (SSSR count). The molecule has 0 bridgehead atoms. The van der Waals surface area contributed by atoms with Gasteiger partial charge >= 0.3 is 0 Å². The minimum atomic E-state index is -0.202. The standard InChI is InChI=1S/C14H22N2O3/c1-11-4-5-12(10-13(11)17)14(18)15-6-8-19-9-7-16(2)3/h4-5,10,17H,6-9H2,1-3H3,(H,15,18). The van der Waals surface area contributed by atoms with Crippen molar-refractivity contribution in [2.45, 2.75) is 6.92 Å². The number of carbonyl (C=O) groups is 1. The highest BCUT2D eigenvalue weighted by atomic mass is 16.5. The fraction of sp³-hybridized carbons (Fsp3) is 0.500. The van der Waals surface area contributed by atoms with Crippen molar-refractivity contribution in [3.8, 4) is 5.75 Å². The molecule has 0 aliphatic rings. The number of amides is 1. The van der Waals surface area contributed by atoms with Crippen LogP contribution in [0.15, 0.2) is 18.2 Å². The molecule has 0 heterocycles. The molecule has 0 aliphatic heterocycles. The molecule has 2 N–H and O–H groups in total. The Balaban J connectivity index is 2.26.